The van der Waals surface area contributed by atoms with Crippen LogP contribution in [0.2, 0.25) is 0 Å². The number of nitrogens with zero attached hydrogens (tertiary/aromatic N) is 1. The van der Waals surface area contributed by atoms with Gasteiger partial charge in [0.1, 0.15) is 0 Å². The summed E-state index contributed by atoms with van der Waals surface area (Å²) in [6.07, 6.45) is 0. The Kier molecular flexibility index (Phi) is 6.85. The van der Waals surface area contributed by atoms with E-state index in [9.17, 15) is 0 Å². The molecule has 3 rings (SSSR count). The standard InChI is InChI=1S/C11H16N.2C7H7.Bi/c1-4-12(3)9-11-7-5-6-10(2)8-11;2*1-7-5-3-2-4-6-7;/h5-6,8H,4,9H2,1-3H3;2*3-6H,1H3;. The van der Waals surface area contributed by atoms with Crippen LogP contribution in [0.25, 0.3) is 0 Å². The molecule has 0 aliphatic carbocycles. The summed E-state index contributed by atoms with van der Waals surface area (Å²) in [6, 6.07) is 25.7. The van der Waals surface area contributed by atoms with E-state index in [0.717, 1.165) is 13.1 Å². The van der Waals surface area contributed by atoms with Crippen LogP contribution in [0.15, 0.2) is 66.7 Å². The second kappa shape index (κ2) is 9.13. The molecule has 0 aliphatic rings. The van der Waals surface area contributed by atoms with E-state index in [2.05, 4.69) is 106 Å². The number of hydrogen-bond acceptors (Lipinski definition) is 1. The fraction of sp³-hybridized carbons (Fsp3) is 0.280. The first-order valence-electron chi connectivity index (χ1n) is 9.69. The number of rotatable bonds is 6. The fourth-order valence-corrected chi connectivity index (χ4v) is 12.6. The second-order valence-corrected chi connectivity index (χ2v) is 16.0. The Balaban J connectivity index is 2.15. The van der Waals surface area contributed by atoms with Crippen molar-refractivity contribution in [1.82, 2.24) is 4.90 Å². The van der Waals surface area contributed by atoms with Crippen molar-refractivity contribution in [2.45, 2.75) is 34.2 Å². The molecule has 3 aromatic rings. The van der Waals surface area contributed by atoms with Crippen molar-refractivity contribution in [2.24, 2.45) is 0 Å². The van der Waals surface area contributed by atoms with E-state index >= 15 is 0 Å². The molecule has 0 aromatic heterocycles. The molecular formula is C25H30BiN. The molecule has 1 nitrogen and oxygen atoms in total. The van der Waals surface area contributed by atoms with Gasteiger partial charge in [0.15, 0.2) is 0 Å². The summed E-state index contributed by atoms with van der Waals surface area (Å²) < 4.78 is 4.73. The Morgan fingerprint density at radius 1 is 0.704 bits per heavy atom. The Bertz CT molecular complexity index is 836. The summed E-state index contributed by atoms with van der Waals surface area (Å²) in [6.45, 7) is 10.9. The quantitative estimate of drug-likeness (QED) is 0.422. The van der Waals surface area contributed by atoms with Crippen molar-refractivity contribution < 1.29 is 0 Å². The Hall–Kier alpha value is -1.50. The molecule has 2 heteroatoms. The van der Waals surface area contributed by atoms with Crippen LogP contribution in [0.5, 0.6) is 0 Å². The second-order valence-electron chi connectivity index (χ2n) is 7.47. The Labute approximate surface area is 172 Å². The van der Waals surface area contributed by atoms with E-state index < -0.39 is 21.8 Å². The van der Waals surface area contributed by atoms with Gasteiger partial charge in [-0.2, -0.15) is 0 Å². The monoisotopic (exact) mass is 553 g/mol. The Morgan fingerprint density at radius 3 is 1.67 bits per heavy atom. The molecule has 0 unspecified atom stereocenters. The van der Waals surface area contributed by atoms with Crippen molar-refractivity contribution in [3.63, 3.8) is 0 Å². The van der Waals surface area contributed by atoms with Crippen LogP contribution in [-0.4, -0.2) is 40.2 Å². The van der Waals surface area contributed by atoms with Crippen molar-refractivity contribution in [3.8, 4) is 0 Å². The van der Waals surface area contributed by atoms with Gasteiger partial charge in [-0.05, 0) is 0 Å². The minimum atomic E-state index is -2.33. The van der Waals surface area contributed by atoms with E-state index in [4.69, 9.17) is 0 Å². The molecule has 0 aliphatic heterocycles. The summed E-state index contributed by atoms with van der Waals surface area (Å²) in [5, 5.41) is 0. The first-order valence-corrected chi connectivity index (χ1v) is 14.9. The van der Waals surface area contributed by atoms with Crippen molar-refractivity contribution in [3.05, 3.63) is 89.0 Å². The molecule has 0 bridgehead atoms. The first kappa shape index (κ1) is 20.2. The van der Waals surface area contributed by atoms with Gasteiger partial charge in [-0.3, -0.25) is 0 Å². The third kappa shape index (κ3) is 5.06. The van der Waals surface area contributed by atoms with Gasteiger partial charge < -0.3 is 0 Å². The van der Waals surface area contributed by atoms with Gasteiger partial charge in [-0.1, -0.05) is 0 Å². The topological polar surface area (TPSA) is 3.24 Å². The van der Waals surface area contributed by atoms with Gasteiger partial charge in [-0.25, -0.2) is 0 Å². The molecule has 0 saturated carbocycles. The molecule has 140 valence electrons. The molecule has 0 radical (unpaired) electrons. The van der Waals surface area contributed by atoms with Crippen LogP contribution in [0.3, 0.4) is 0 Å². The van der Waals surface area contributed by atoms with Crippen LogP contribution in [0.1, 0.15) is 29.2 Å². The molecule has 0 N–H and O–H groups in total. The van der Waals surface area contributed by atoms with E-state index in [0.29, 0.717) is 0 Å². The SMILES string of the molecule is CCN(C)Cc1cc(C)cc[c]1[Bi]([c]1ccc(C)cc1)[c]1ccc(C)cc1. The van der Waals surface area contributed by atoms with Crippen LogP contribution in [0.4, 0.5) is 0 Å². The average molecular weight is 554 g/mol. The predicted molar refractivity (Wildman–Crippen MR) is 120 cm³/mol. The van der Waals surface area contributed by atoms with Crippen LogP contribution in [0, 0.1) is 20.8 Å². The van der Waals surface area contributed by atoms with Crippen LogP contribution < -0.4 is 9.81 Å². The van der Waals surface area contributed by atoms with Gasteiger partial charge in [0.05, 0.1) is 0 Å². The van der Waals surface area contributed by atoms with Gasteiger partial charge >= 0.3 is 173 Å². The summed E-state index contributed by atoms with van der Waals surface area (Å²) in [5.41, 5.74) is 5.54. The zero-order valence-electron chi connectivity index (χ0n) is 17.2. The number of benzene rings is 3. The first-order chi connectivity index (χ1) is 13.0. The maximum atomic E-state index is 2.42. The molecular weight excluding hydrogens is 523 g/mol. The van der Waals surface area contributed by atoms with Gasteiger partial charge in [0, 0.05) is 0 Å². The average Bonchev–Trinajstić information content (AvgIpc) is 2.66. The molecule has 0 spiro atoms. The molecule has 0 heterocycles. The normalized spacial score (nSPS) is 11.4. The fourth-order valence-electron chi connectivity index (χ4n) is 3.28. The van der Waals surface area contributed by atoms with Crippen molar-refractivity contribution >= 4 is 31.6 Å². The summed E-state index contributed by atoms with van der Waals surface area (Å²) >= 11 is -2.33. The summed E-state index contributed by atoms with van der Waals surface area (Å²) in [4.78, 5) is 2.41. The van der Waals surface area contributed by atoms with E-state index in [1.54, 1.807) is 9.81 Å². The molecule has 0 saturated heterocycles. The zero-order valence-corrected chi connectivity index (χ0v) is 20.6. The summed E-state index contributed by atoms with van der Waals surface area (Å²) in [7, 11) is 2.22. The number of aryl methyl sites for hydroxylation is 3. The molecule has 0 amide bonds. The van der Waals surface area contributed by atoms with E-state index in [1.165, 1.54) is 22.3 Å². The predicted octanol–water partition coefficient (Wildman–Crippen LogP) is 3.58. The van der Waals surface area contributed by atoms with Gasteiger partial charge in [-0.15, -0.1) is 0 Å². The Morgan fingerprint density at radius 2 is 1.19 bits per heavy atom. The van der Waals surface area contributed by atoms with Gasteiger partial charge in [0.25, 0.3) is 0 Å². The third-order valence-electron chi connectivity index (χ3n) is 5.04. The summed E-state index contributed by atoms with van der Waals surface area (Å²) in [5.74, 6) is 0. The van der Waals surface area contributed by atoms with Crippen molar-refractivity contribution in [1.29, 1.82) is 0 Å². The minimum absolute atomic E-state index is 1.02. The van der Waals surface area contributed by atoms with Crippen LogP contribution in [-0.2, 0) is 6.54 Å². The van der Waals surface area contributed by atoms with Gasteiger partial charge in [0.2, 0.25) is 0 Å². The van der Waals surface area contributed by atoms with Crippen LogP contribution >= 0.6 is 0 Å². The van der Waals surface area contributed by atoms with E-state index in [-0.39, 0.29) is 0 Å². The van der Waals surface area contributed by atoms with Crippen molar-refractivity contribution in [2.75, 3.05) is 13.6 Å². The van der Waals surface area contributed by atoms with E-state index in [1.807, 2.05) is 0 Å². The number of hydrogen-bond donors (Lipinski definition) is 0. The third-order valence-corrected chi connectivity index (χ3v) is 14.9. The maximum absolute atomic E-state index is 2.42. The molecule has 27 heavy (non-hydrogen) atoms. The molecule has 3 aromatic carbocycles. The molecule has 0 atom stereocenters. The molecule has 0 fully saturated rings. The zero-order chi connectivity index (χ0) is 19.4.